The average molecular weight is 509 g/mol. The van der Waals surface area contributed by atoms with E-state index in [1.165, 1.54) is 15.9 Å². The van der Waals surface area contributed by atoms with Gasteiger partial charge in [0.05, 0.1) is 27.9 Å². The number of aromatic nitrogens is 1. The molecule has 0 aliphatic carbocycles. The quantitative estimate of drug-likeness (QED) is 0.398. The second-order valence-corrected chi connectivity index (χ2v) is 9.91. The van der Waals surface area contributed by atoms with E-state index < -0.39 is 12.0 Å². The summed E-state index contributed by atoms with van der Waals surface area (Å²) in [6.45, 7) is 9.02. The zero-order chi connectivity index (χ0) is 25.3. The molecule has 2 aromatic carbocycles. The molecule has 0 radical (unpaired) electrons. The van der Waals surface area contributed by atoms with Gasteiger partial charge in [0.2, 0.25) is 0 Å². The lowest BCUT2D eigenvalue weighted by Crippen LogP contribution is -2.40. The van der Waals surface area contributed by atoms with E-state index in [4.69, 9.17) is 16.3 Å². The van der Waals surface area contributed by atoms with E-state index in [9.17, 15) is 14.7 Å². The summed E-state index contributed by atoms with van der Waals surface area (Å²) in [5.74, 6) is -0.335. The molecule has 0 amide bonds. The fraction of sp³-hybridized carbons (Fsp3) is 0.222. The first-order valence-electron chi connectivity index (χ1n) is 11.1. The summed E-state index contributed by atoms with van der Waals surface area (Å²) in [5, 5.41) is 10.6. The predicted octanol–water partition coefficient (Wildman–Crippen LogP) is 4.27. The summed E-state index contributed by atoms with van der Waals surface area (Å²) < 4.78 is 7.50. The Balaban J connectivity index is 1.92. The first kappa shape index (κ1) is 24.7. The molecule has 1 aliphatic rings. The topological polar surface area (TPSA) is 80.9 Å². The van der Waals surface area contributed by atoms with Crippen LogP contribution in [-0.2, 0) is 16.0 Å². The van der Waals surface area contributed by atoms with Gasteiger partial charge in [0.15, 0.2) is 4.80 Å². The molecule has 3 aromatic rings. The van der Waals surface area contributed by atoms with Crippen molar-refractivity contribution in [3.05, 3.63) is 108 Å². The Labute approximate surface area is 211 Å². The van der Waals surface area contributed by atoms with Gasteiger partial charge in [-0.3, -0.25) is 9.36 Å². The maximum Gasteiger partial charge on any atom is 0.338 e. The Bertz CT molecular complexity index is 1510. The Hall–Kier alpha value is -3.42. The van der Waals surface area contributed by atoms with Crippen molar-refractivity contribution < 1.29 is 14.6 Å². The van der Waals surface area contributed by atoms with Crippen LogP contribution in [0.25, 0.3) is 6.08 Å². The lowest BCUT2D eigenvalue weighted by molar-refractivity contribution is -0.143. The lowest BCUT2D eigenvalue weighted by atomic mass is 9.96. The normalized spacial score (nSPS) is 15.7. The summed E-state index contributed by atoms with van der Waals surface area (Å²) in [7, 11) is 0. The van der Waals surface area contributed by atoms with E-state index in [1.807, 2.05) is 6.07 Å². The van der Waals surface area contributed by atoms with Crippen LogP contribution < -0.4 is 14.9 Å². The maximum atomic E-state index is 13.7. The molecule has 180 valence electrons. The molecule has 0 spiro atoms. The van der Waals surface area contributed by atoms with Crippen LogP contribution in [0, 0.1) is 0 Å². The van der Waals surface area contributed by atoms with Crippen LogP contribution in [0.1, 0.15) is 43.5 Å². The number of ether oxygens (including phenoxy) is 1. The van der Waals surface area contributed by atoms with Gasteiger partial charge in [-0.25, -0.2) is 9.79 Å². The molecular weight excluding hydrogens is 484 g/mol. The van der Waals surface area contributed by atoms with Gasteiger partial charge in [-0.1, -0.05) is 47.2 Å². The lowest BCUT2D eigenvalue weighted by Gasteiger charge is -2.25. The van der Waals surface area contributed by atoms with Crippen LogP contribution in [0.5, 0.6) is 5.75 Å². The third kappa shape index (κ3) is 5.01. The van der Waals surface area contributed by atoms with Crippen LogP contribution in [0.3, 0.4) is 0 Å². The molecule has 8 heteroatoms. The summed E-state index contributed by atoms with van der Waals surface area (Å²) in [5.41, 5.74) is 2.76. The fourth-order valence-electron chi connectivity index (χ4n) is 3.99. The van der Waals surface area contributed by atoms with Crippen LogP contribution in [0.15, 0.2) is 76.2 Å². The molecule has 2 heterocycles. The van der Waals surface area contributed by atoms with Gasteiger partial charge in [0.1, 0.15) is 5.75 Å². The van der Waals surface area contributed by atoms with Gasteiger partial charge in [-0.15, -0.1) is 6.58 Å². The number of allylic oxidation sites excluding steroid dienone is 2. The van der Waals surface area contributed by atoms with Crippen LogP contribution in [0.2, 0.25) is 5.02 Å². The molecule has 1 atom stereocenters. The van der Waals surface area contributed by atoms with Crippen molar-refractivity contribution in [1.82, 2.24) is 4.57 Å². The number of phenolic OH excluding ortho intramolecular Hbond substituents is 1. The monoisotopic (exact) mass is 508 g/mol. The summed E-state index contributed by atoms with van der Waals surface area (Å²) >= 11 is 7.35. The Morgan fingerprint density at radius 1 is 1.29 bits per heavy atom. The zero-order valence-corrected chi connectivity index (χ0v) is 21.2. The highest BCUT2D eigenvalue weighted by Crippen LogP contribution is 2.31. The number of carbonyl (C=O) groups is 1. The summed E-state index contributed by atoms with van der Waals surface area (Å²) in [6, 6.07) is 11.5. The van der Waals surface area contributed by atoms with E-state index in [1.54, 1.807) is 69.3 Å². The Kier molecular flexibility index (Phi) is 7.10. The van der Waals surface area contributed by atoms with Gasteiger partial charge in [-0.2, -0.15) is 0 Å². The van der Waals surface area contributed by atoms with Crippen LogP contribution in [0.4, 0.5) is 0 Å². The van der Waals surface area contributed by atoms with E-state index in [2.05, 4.69) is 11.6 Å². The number of fused-ring (bicyclic) bond motifs is 1. The minimum absolute atomic E-state index is 0.176. The minimum atomic E-state index is -0.701. The standard InChI is InChI=1S/C27H25ClN2O4S/c1-5-6-19-13-17(7-12-21(19)31)14-22-25(32)30-24(18-8-10-20(28)11-9-18)23(26(33)34-15(2)3)16(4)29-27(30)35-22/h5,7-15,24,31H,1,6H2,2-4H3/b22-14+/t24-/m0/s1. The zero-order valence-electron chi connectivity index (χ0n) is 19.6. The largest absolute Gasteiger partial charge is 0.508 e. The second-order valence-electron chi connectivity index (χ2n) is 8.47. The summed E-state index contributed by atoms with van der Waals surface area (Å²) in [4.78, 5) is 31.8. The molecular formula is C27H25ClN2O4S. The SMILES string of the molecule is C=CCc1cc(/C=c2/sc3n(c2=O)[C@@H](c2ccc(Cl)cc2)C(C(=O)OC(C)C)=C(C)N=3)ccc1O. The molecule has 0 unspecified atom stereocenters. The highest BCUT2D eigenvalue weighted by Gasteiger charge is 2.33. The van der Waals surface area contributed by atoms with Crippen molar-refractivity contribution in [3.8, 4) is 5.75 Å². The highest BCUT2D eigenvalue weighted by molar-refractivity contribution is 7.07. The van der Waals surface area contributed by atoms with Gasteiger partial charge in [0, 0.05) is 5.02 Å². The number of rotatable bonds is 6. The maximum absolute atomic E-state index is 13.7. The first-order chi connectivity index (χ1) is 16.7. The Morgan fingerprint density at radius 3 is 2.66 bits per heavy atom. The molecule has 1 N–H and O–H groups in total. The van der Waals surface area contributed by atoms with Crippen molar-refractivity contribution in [2.24, 2.45) is 4.99 Å². The number of nitrogens with zero attached hydrogens (tertiary/aromatic N) is 2. The second kappa shape index (κ2) is 10.1. The minimum Gasteiger partial charge on any atom is -0.508 e. The molecule has 35 heavy (non-hydrogen) atoms. The Morgan fingerprint density at radius 2 is 2.00 bits per heavy atom. The van der Waals surface area contributed by atoms with Crippen molar-refractivity contribution in [1.29, 1.82) is 0 Å². The number of esters is 1. The number of hydrogen-bond acceptors (Lipinski definition) is 6. The number of aromatic hydroxyl groups is 1. The molecule has 4 rings (SSSR count). The van der Waals surface area contributed by atoms with E-state index in [0.29, 0.717) is 32.0 Å². The number of thiazole rings is 1. The fourth-order valence-corrected chi connectivity index (χ4v) is 5.16. The van der Waals surface area contributed by atoms with Crippen molar-refractivity contribution in [3.63, 3.8) is 0 Å². The van der Waals surface area contributed by atoms with E-state index in [0.717, 1.165) is 16.7 Å². The predicted molar refractivity (Wildman–Crippen MR) is 138 cm³/mol. The van der Waals surface area contributed by atoms with Crippen molar-refractivity contribution >= 4 is 35.0 Å². The molecule has 1 aromatic heterocycles. The molecule has 0 saturated heterocycles. The third-order valence-corrected chi connectivity index (χ3v) is 6.77. The molecule has 0 fully saturated rings. The number of hydrogen-bond donors (Lipinski definition) is 1. The van der Waals surface area contributed by atoms with Gasteiger partial charge >= 0.3 is 5.97 Å². The number of halogens is 1. The van der Waals surface area contributed by atoms with E-state index in [-0.39, 0.29) is 17.4 Å². The molecule has 6 nitrogen and oxygen atoms in total. The smallest absolute Gasteiger partial charge is 0.338 e. The average Bonchev–Trinajstić information content (AvgIpc) is 3.10. The van der Waals surface area contributed by atoms with Crippen LogP contribution in [-0.4, -0.2) is 21.7 Å². The van der Waals surface area contributed by atoms with Crippen molar-refractivity contribution in [2.75, 3.05) is 0 Å². The number of phenols is 1. The van der Waals surface area contributed by atoms with Crippen molar-refractivity contribution in [2.45, 2.75) is 39.3 Å². The van der Waals surface area contributed by atoms with Gasteiger partial charge in [-0.05, 0) is 74.2 Å². The highest BCUT2D eigenvalue weighted by atomic mass is 35.5. The van der Waals surface area contributed by atoms with Gasteiger partial charge in [0.25, 0.3) is 5.56 Å². The van der Waals surface area contributed by atoms with Crippen LogP contribution >= 0.6 is 22.9 Å². The molecule has 0 saturated carbocycles. The number of benzene rings is 2. The first-order valence-corrected chi connectivity index (χ1v) is 12.3. The molecule has 1 aliphatic heterocycles. The van der Waals surface area contributed by atoms with Gasteiger partial charge < -0.3 is 9.84 Å². The number of carbonyl (C=O) groups excluding carboxylic acids is 1. The van der Waals surface area contributed by atoms with E-state index >= 15 is 0 Å². The summed E-state index contributed by atoms with van der Waals surface area (Å²) in [6.07, 6.45) is 3.66. The third-order valence-electron chi connectivity index (χ3n) is 5.54. The molecule has 0 bridgehead atoms.